The molecule has 4 atom stereocenters. The molecule has 1 saturated heterocycles. The molecule has 0 bridgehead atoms. The average Bonchev–Trinajstić information content (AvgIpc) is 3.01. The van der Waals surface area contributed by atoms with E-state index in [1.165, 1.54) is 6.33 Å². The fraction of sp³-hybridized carbons (Fsp3) is 0.455. The van der Waals surface area contributed by atoms with Gasteiger partial charge in [0.2, 0.25) is 5.82 Å². The van der Waals surface area contributed by atoms with Crippen molar-refractivity contribution >= 4 is 16.9 Å². The lowest BCUT2D eigenvalue weighted by Gasteiger charge is -2.13. The largest absolute Gasteiger partial charge is 0.394 e. The minimum Gasteiger partial charge on any atom is -0.394 e. The number of ether oxygens (including phenoxy) is 1. The Morgan fingerprint density at radius 3 is 2.80 bits per heavy atom. The van der Waals surface area contributed by atoms with E-state index in [2.05, 4.69) is 20.1 Å². The molecule has 106 valence electrons. The minimum atomic E-state index is -1.17. The molecular formula is C11H13N5O4. The van der Waals surface area contributed by atoms with Crippen molar-refractivity contribution in [1.82, 2.24) is 15.0 Å². The van der Waals surface area contributed by atoms with E-state index >= 15 is 0 Å². The summed E-state index contributed by atoms with van der Waals surface area (Å²) in [4.78, 5) is 10.8. The van der Waals surface area contributed by atoms with Gasteiger partial charge >= 0.3 is 0 Å². The minimum absolute atomic E-state index is 0.174. The Morgan fingerprint density at radius 2 is 2.15 bits per heavy atom. The first-order valence-electron chi connectivity index (χ1n) is 5.99. The first kappa shape index (κ1) is 13.1. The Morgan fingerprint density at radius 1 is 1.35 bits per heavy atom. The third-order valence-corrected chi connectivity index (χ3v) is 3.43. The first-order valence-corrected chi connectivity index (χ1v) is 5.99. The Labute approximate surface area is 112 Å². The van der Waals surface area contributed by atoms with Crippen molar-refractivity contribution in [3.8, 4) is 0 Å². The predicted octanol–water partition coefficient (Wildman–Crippen LogP) is -0.226. The monoisotopic (exact) mass is 279 g/mol. The molecule has 2 aromatic rings. The second-order valence-corrected chi connectivity index (χ2v) is 4.54. The number of H-pyrrole nitrogens is 1. The lowest BCUT2D eigenvalue weighted by Crippen LogP contribution is -2.32. The van der Waals surface area contributed by atoms with Crippen LogP contribution < -0.4 is 0 Å². The van der Waals surface area contributed by atoms with Crippen molar-refractivity contribution in [3.63, 3.8) is 0 Å². The van der Waals surface area contributed by atoms with Gasteiger partial charge < -0.3 is 25.0 Å². The van der Waals surface area contributed by atoms with Crippen LogP contribution in [0, 0.1) is 5.53 Å². The van der Waals surface area contributed by atoms with Gasteiger partial charge in [0.15, 0.2) is 0 Å². The van der Waals surface area contributed by atoms with E-state index < -0.39 is 24.4 Å². The van der Waals surface area contributed by atoms with Gasteiger partial charge in [0.25, 0.3) is 0 Å². The Kier molecular flexibility index (Phi) is 3.18. The number of aromatic amines is 1. The zero-order valence-electron chi connectivity index (χ0n) is 10.3. The lowest BCUT2D eigenvalue weighted by atomic mass is 10.0. The van der Waals surface area contributed by atoms with E-state index in [-0.39, 0.29) is 12.4 Å². The second-order valence-electron chi connectivity index (χ2n) is 4.54. The normalized spacial score (nSPS) is 29.9. The first-order chi connectivity index (χ1) is 9.67. The molecule has 0 amide bonds. The van der Waals surface area contributed by atoms with Gasteiger partial charge in [-0.2, -0.15) is 0 Å². The van der Waals surface area contributed by atoms with Gasteiger partial charge in [-0.05, 0) is 0 Å². The van der Waals surface area contributed by atoms with Crippen molar-refractivity contribution in [2.24, 2.45) is 5.11 Å². The maximum Gasteiger partial charge on any atom is 0.201 e. The molecule has 0 radical (unpaired) electrons. The molecule has 0 unspecified atom stereocenters. The fourth-order valence-electron chi connectivity index (χ4n) is 2.40. The van der Waals surface area contributed by atoms with Gasteiger partial charge in [0.05, 0.1) is 12.1 Å². The summed E-state index contributed by atoms with van der Waals surface area (Å²) in [5.74, 6) is 0.174. The maximum atomic E-state index is 10.0. The molecule has 3 rings (SSSR count). The molecule has 0 aromatic carbocycles. The molecule has 0 spiro atoms. The highest BCUT2D eigenvalue weighted by Gasteiger charge is 2.44. The van der Waals surface area contributed by atoms with Crippen molar-refractivity contribution in [3.05, 3.63) is 18.1 Å². The number of hydrogen-bond acceptors (Lipinski definition) is 8. The lowest BCUT2D eigenvalue weighted by molar-refractivity contribution is -0.0224. The molecule has 0 aliphatic carbocycles. The highest BCUT2D eigenvalue weighted by molar-refractivity contribution is 5.86. The summed E-state index contributed by atoms with van der Waals surface area (Å²) in [6.07, 6.45) is -1.18. The summed E-state index contributed by atoms with van der Waals surface area (Å²) in [6, 6.07) is 0. The fourth-order valence-corrected chi connectivity index (χ4v) is 2.40. The van der Waals surface area contributed by atoms with Crippen LogP contribution in [0.5, 0.6) is 0 Å². The van der Waals surface area contributed by atoms with Crippen molar-refractivity contribution in [1.29, 1.82) is 5.53 Å². The Hall–Kier alpha value is -1.94. The van der Waals surface area contributed by atoms with Gasteiger partial charge in [-0.1, -0.05) is 0 Å². The predicted molar refractivity (Wildman–Crippen MR) is 65.4 cm³/mol. The van der Waals surface area contributed by atoms with E-state index in [4.69, 9.17) is 15.4 Å². The van der Waals surface area contributed by atoms with Crippen LogP contribution in [0.1, 0.15) is 11.7 Å². The van der Waals surface area contributed by atoms with Crippen LogP contribution in [-0.2, 0) is 4.74 Å². The van der Waals surface area contributed by atoms with Crippen LogP contribution in [0.3, 0.4) is 0 Å². The average molecular weight is 279 g/mol. The van der Waals surface area contributed by atoms with Crippen LogP contribution in [-0.4, -0.2) is 55.2 Å². The van der Waals surface area contributed by atoms with Gasteiger partial charge in [-0.3, -0.25) is 0 Å². The van der Waals surface area contributed by atoms with E-state index in [1.54, 1.807) is 6.20 Å². The molecule has 20 heavy (non-hydrogen) atoms. The number of aliphatic hydroxyl groups is 3. The molecule has 5 N–H and O–H groups in total. The zero-order valence-corrected chi connectivity index (χ0v) is 10.3. The van der Waals surface area contributed by atoms with Crippen LogP contribution >= 0.6 is 0 Å². The summed E-state index contributed by atoms with van der Waals surface area (Å²) in [6.45, 7) is -0.390. The quantitative estimate of drug-likeness (QED) is 0.490. The summed E-state index contributed by atoms with van der Waals surface area (Å²) >= 11 is 0. The molecule has 0 saturated carbocycles. The summed E-state index contributed by atoms with van der Waals surface area (Å²) < 4.78 is 5.45. The number of hydrogen-bond donors (Lipinski definition) is 5. The topological polar surface area (TPSA) is 148 Å². The standard InChI is InChI=1S/C11H13N5O4/c12-16-11-7-6(14-3-15-11)4(1-13-7)10-9(19)8(18)5(2-17)20-10/h1,3,5,8-10,12-13,17-19H,2H2/t5-,8-,9-,10+/m1/s1. The molecule has 3 heterocycles. The van der Waals surface area contributed by atoms with Gasteiger partial charge in [-0.15, -0.1) is 5.11 Å². The molecule has 2 aromatic heterocycles. The van der Waals surface area contributed by atoms with Gasteiger partial charge in [0, 0.05) is 11.8 Å². The highest BCUT2D eigenvalue weighted by atomic mass is 16.6. The number of nitrogens with zero attached hydrogens (tertiary/aromatic N) is 3. The molecule has 1 aliphatic heterocycles. The van der Waals surface area contributed by atoms with E-state index in [0.717, 1.165) is 0 Å². The molecular weight excluding hydrogens is 266 g/mol. The second kappa shape index (κ2) is 4.87. The van der Waals surface area contributed by atoms with Crippen molar-refractivity contribution in [2.75, 3.05) is 6.61 Å². The maximum absolute atomic E-state index is 10.0. The zero-order chi connectivity index (χ0) is 14.3. The Bertz CT molecular complexity index is 645. The van der Waals surface area contributed by atoms with Gasteiger partial charge in [0.1, 0.15) is 36.3 Å². The number of aromatic nitrogens is 3. The number of rotatable bonds is 3. The number of nitrogens with one attached hydrogen (secondary N) is 2. The molecule has 1 fully saturated rings. The van der Waals surface area contributed by atoms with Crippen LogP contribution in [0.2, 0.25) is 0 Å². The van der Waals surface area contributed by atoms with Crippen molar-refractivity contribution in [2.45, 2.75) is 24.4 Å². The van der Waals surface area contributed by atoms with Gasteiger partial charge in [-0.25, -0.2) is 15.5 Å². The molecule has 9 nitrogen and oxygen atoms in total. The number of aliphatic hydroxyl groups excluding tert-OH is 3. The van der Waals surface area contributed by atoms with E-state index in [9.17, 15) is 10.2 Å². The number of fused-ring (bicyclic) bond motifs is 1. The summed E-state index contributed by atoms with van der Waals surface area (Å²) in [7, 11) is 0. The third kappa shape index (κ3) is 1.79. The van der Waals surface area contributed by atoms with E-state index in [1.807, 2.05) is 0 Å². The molecule has 9 heteroatoms. The highest BCUT2D eigenvalue weighted by Crippen LogP contribution is 2.37. The summed E-state index contributed by atoms with van der Waals surface area (Å²) in [5, 5.41) is 32.2. The van der Waals surface area contributed by atoms with Crippen LogP contribution in [0.15, 0.2) is 17.6 Å². The van der Waals surface area contributed by atoms with Crippen LogP contribution in [0.4, 0.5) is 5.82 Å². The third-order valence-electron chi connectivity index (χ3n) is 3.43. The summed E-state index contributed by atoms with van der Waals surface area (Å²) in [5.41, 5.74) is 8.48. The smallest absolute Gasteiger partial charge is 0.201 e. The van der Waals surface area contributed by atoms with Crippen molar-refractivity contribution < 1.29 is 20.1 Å². The molecule has 1 aliphatic rings. The Balaban J connectivity index is 2.05. The van der Waals surface area contributed by atoms with E-state index in [0.29, 0.717) is 16.6 Å². The van der Waals surface area contributed by atoms with Crippen LogP contribution in [0.25, 0.3) is 11.0 Å². The SMILES string of the molecule is N=Nc1ncnc2c([C@@H]3O[C@H](CO)[C@@H](O)[C@H]3O)c[nH]c12.